The third-order valence-electron chi connectivity index (χ3n) is 4.82. The number of anilines is 1. The zero-order valence-corrected chi connectivity index (χ0v) is 17.4. The summed E-state index contributed by atoms with van der Waals surface area (Å²) in [7, 11) is 0. The van der Waals surface area contributed by atoms with Gasteiger partial charge in [-0.05, 0) is 79.4 Å². The molecular weight excluding hydrogens is 376 g/mol. The van der Waals surface area contributed by atoms with Gasteiger partial charge in [-0.1, -0.05) is 25.1 Å². The molecule has 152 valence electrons. The zero-order valence-electron chi connectivity index (χ0n) is 17.4. The van der Waals surface area contributed by atoms with E-state index in [0.717, 1.165) is 34.2 Å². The van der Waals surface area contributed by atoms with Crippen molar-refractivity contribution < 1.29 is 13.9 Å². The lowest BCUT2D eigenvalue weighted by molar-refractivity contribution is -0.118. The molecule has 0 aliphatic carbocycles. The van der Waals surface area contributed by atoms with Gasteiger partial charge in [0.25, 0.3) is 5.91 Å². The first-order valence-corrected chi connectivity index (χ1v) is 10.0. The van der Waals surface area contributed by atoms with Gasteiger partial charge in [0.2, 0.25) is 5.89 Å². The third-order valence-corrected chi connectivity index (χ3v) is 4.82. The fourth-order valence-electron chi connectivity index (χ4n) is 3.41. The molecular formula is C25H24N2O3. The summed E-state index contributed by atoms with van der Waals surface area (Å²) < 4.78 is 11.5. The van der Waals surface area contributed by atoms with Crippen molar-refractivity contribution in [2.75, 3.05) is 11.9 Å². The number of benzene rings is 3. The number of fused-ring (bicyclic) bond motifs is 1. The molecule has 0 aliphatic rings. The number of hydrogen-bond acceptors (Lipinski definition) is 4. The molecule has 4 aromatic rings. The minimum atomic E-state index is -0.225. The van der Waals surface area contributed by atoms with Gasteiger partial charge in [0.05, 0.1) is 0 Å². The molecule has 0 spiro atoms. The second-order valence-electron chi connectivity index (χ2n) is 7.42. The normalized spacial score (nSPS) is 10.9. The highest BCUT2D eigenvalue weighted by Gasteiger charge is 2.11. The molecule has 0 unspecified atom stereocenters. The van der Waals surface area contributed by atoms with Crippen molar-refractivity contribution >= 4 is 22.7 Å². The van der Waals surface area contributed by atoms with Crippen LogP contribution in [0.15, 0.2) is 65.1 Å². The second kappa shape index (κ2) is 8.41. The van der Waals surface area contributed by atoms with E-state index in [-0.39, 0.29) is 12.5 Å². The van der Waals surface area contributed by atoms with E-state index in [2.05, 4.69) is 23.3 Å². The molecule has 0 saturated heterocycles. The summed E-state index contributed by atoms with van der Waals surface area (Å²) >= 11 is 0. The highest BCUT2D eigenvalue weighted by Crippen LogP contribution is 2.27. The summed E-state index contributed by atoms with van der Waals surface area (Å²) in [5.74, 6) is 0.992. The van der Waals surface area contributed by atoms with Gasteiger partial charge in [-0.3, -0.25) is 4.79 Å². The molecule has 5 heteroatoms. The molecule has 3 aromatic carbocycles. The van der Waals surface area contributed by atoms with Gasteiger partial charge >= 0.3 is 0 Å². The molecule has 0 fully saturated rings. The summed E-state index contributed by atoms with van der Waals surface area (Å²) in [6.07, 6.45) is 0.948. The molecule has 4 rings (SSSR count). The molecule has 0 bridgehead atoms. The Kier molecular flexibility index (Phi) is 5.53. The SMILES string of the molecule is CCc1ccc2oc(-c3cccc(NC(=O)COc4cc(C)cc(C)c4)c3)nc2c1. The summed E-state index contributed by atoms with van der Waals surface area (Å²) in [5, 5.41) is 2.87. The Morgan fingerprint density at radius 1 is 1.03 bits per heavy atom. The predicted octanol–water partition coefficient (Wildman–Crippen LogP) is 5.69. The quantitative estimate of drug-likeness (QED) is 0.451. The first-order chi connectivity index (χ1) is 14.5. The Hall–Kier alpha value is -3.60. The summed E-state index contributed by atoms with van der Waals surface area (Å²) in [5.41, 5.74) is 6.46. The number of nitrogens with zero attached hydrogens (tertiary/aromatic N) is 1. The lowest BCUT2D eigenvalue weighted by Gasteiger charge is -2.09. The smallest absolute Gasteiger partial charge is 0.262 e. The Morgan fingerprint density at radius 3 is 2.60 bits per heavy atom. The first-order valence-electron chi connectivity index (χ1n) is 10.0. The molecule has 30 heavy (non-hydrogen) atoms. The molecule has 0 atom stereocenters. The van der Waals surface area contributed by atoms with Crippen molar-refractivity contribution in [1.29, 1.82) is 0 Å². The van der Waals surface area contributed by atoms with Crippen molar-refractivity contribution in [3.63, 3.8) is 0 Å². The van der Waals surface area contributed by atoms with Crippen LogP contribution in [0, 0.1) is 13.8 Å². The number of carbonyl (C=O) groups is 1. The monoisotopic (exact) mass is 400 g/mol. The number of amides is 1. The van der Waals surface area contributed by atoms with E-state index >= 15 is 0 Å². The van der Waals surface area contributed by atoms with Crippen molar-refractivity contribution in [3.8, 4) is 17.2 Å². The fraction of sp³-hybridized carbons (Fsp3) is 0.200. The standard InChI is InChI=1S/C25H24N2O3/c1-4-18-8-9-23-22(13-18)27-25(30-23)19-6-5-7-20(14-19)26-24(28)15-29-21-11-16(2)10-17(3)12-21/h5-14H,4,15H2,1-3H3,(H,26,28). The average molecular weight is 400 g/mol. The van der Waals surface area contributed by atoms with Crippen LogP contribution in [0.2, 0.25) is 0 Å². The average Bonchev–Trinajstić information content (AvgIpc) is 3.15. The van der Waals surface area contributed by atoms with Crippen molar-refractivity contribution in [2.45, 2.75) is 27.2 Å². The maximum atomic E-state index is 12.3. The maximum Gasteiger partial charge on any atom is 0.262 e. The van der Waals surface area contributed by atoms with E-state index in [9.17, 15) is 4.79 Å². The molecule has 1 heterocycles. The Balaban J connectivity index is 1.46. The molecule has 1 N–H and O–H groups in total. The van der Waals surface area contributed by atoms with Crippen LogP contribution in [-0.4, -0.2) is 17.5 Å². The highest BCUT2D eigenvalue weighted by molar-refractivity contribution is 5.92. The summed E-state index contributed by atoms with van der Waals surface area (Å²) in [6.45, 7) is 6.05. The van der Waals surface area contributed by atoms with Crippen LogP contribution >= 0.6 is 0 Å². The lowest BCUT2D eigenvalue weighted by atomic mass is 10.1. The van der Waals surface area contributed by atoms with Gasteiger partial charge in [-0.2, -0.15) is 0 Å². The van der Waals surface area contributed by atoms with Gasteiger partial charge in [0, 0.05) is 11.3 Å². The van der Waals surface area contributed by atoms with Crippen molar-refractivity contribution in [3.05, 3.63) is 77.4 Å². The number of rotatable bonds is 6. The molecule has 0 aliphatic heterocycles. The molecule has 0 saturated carbocycles. The maximum absolute atomic E-state index is 12.3. The van der Waals surface area contributed by atoms with Gasteiger partial charge in [0.15, 0.2) is 12.2 Å². The highest BCUT2D eigenvalue weighted by atomic mass is 16.5. The van der Waals surface area contributed by atoms with Crippen LogP contribution in [0.5, 0.6) is 5.75 Å². The number of aromatic nitrogens is 1. The minimum absolute atomic E-state index is 0.0597. The van der Waals surface area contributed by atoms with E-state index in [1.807, 2.05) is 68.4 Å². The number of ether oxygens (including phenoxy) is 1. The van der Waals surface area contributed by atoms with Crippen LogP contribution in [0.3, 0.4) is 0 Å². The Bertz CT molecular complexity index is 1190. The number of nitrogens with one attached hydrogen (secondary N) is 1. The fourth-order valence-corrected chi connectivity index (χ4v) is 3.41. The second-order valence-corrected chi connectivity index (χ2v) is 7.42. The van der Waals surface area contributed by atoms with Gasteiger partial charge in [-0.15, -0.1) is 0 Å². The van der Waals surface area contributed by atoms with Crippen molar-refractivity contribution in [2.24, 2.45) is 0 Å². The zero-order chi connectivity index (χ0) is 21.1. The van der Waals surface area contributed by atoms with Crippen LogP contribution in [-0.2, 0) is 11.2 Å². The Morgan fingerprint density at radius 2 is 1.83 bits per heavy atom. The summed E-state index contributed by atoms with van der Waals surface area (Å²) in [6, 6.07) is 19.4. The number of carbonyl (C=O) groups excluding carboxylic acids is 1. The Labute approximate surface area is 175 Å². The van der Waals surface area contributed by atoms with Crippen molar-refractivity contribution in [1.82, 2.24) is 4.98 Å². The van der Waals surface area contributed by atoms with Crippen LogP contribution < -0.4 is 10.1 Å². The van der Waals surface area contributed by atoms with E-state index in [0.29, 0.717) is 17.3 Å². The summed E-state index contributed by atoms with van der Waals surface area (Å²) in [4.78, 5) is 16.9. The number of hydrogen-bond donors (Lipinski definition) is 1. The minimum Gasteiger partial charge on any atom is -0.484 e. The van der Waals surface area contributed by atoms with Crippen LogP contribution in [0.1, 0.15) is 23.6 Å². The molecule has 1 aromatic heterocycles. The lowest BCUT2D eigenvalue weighted by Crippen LogP contribution is -2.20. The van der Waals surface area contributed by atoms with E-state index in [1.54, 1.807) is 0 Å². The third kappa shape index (κ3) is 4.51. The van der Waals surface area contributed by atoms with E-state index in [1.165, 1.54) is 5.56 Å². The van der Waals surface area contributed by atoms with E-state index in [4.69, 9.17) is 9.15 Å². The number of oxazole rings is 1. The van der Waals surface area contributed by atoms with Gasteiger partial charge < -0.3 is 14.5 Å². The van der Waals surface area contributed by atoms with Gasteiger partial charge in [-0.25, -0.2) is 4.98 Å². The van der Waals surface area contributed by atoms with Crippen LogP contribution in [0.25, 0.3) is 22.6 Å². The topological polar surface area (TPSA) is 64.4 Å². The van der Waals surface area contributed by atoms with Crippen LogP contribution in [0.4, 0.5) is 5.69 Å². The molecule has 5 nitrogen and oxygen atoms in total. The molecule has 0 radical (unpaired) electrons. The number of aryl methyl sites for hydroxylation is 3. The largest absolute Gasteiger partial charge is 0.484 e. The first kappa shape index (κ1) is 19.7. The van der Waals surface area contributed by atoms with Gasteiger partial charge in [0.1, 0.15) is 11.3 Å². The van der Waals surface area contributed by atoms with E-state index < -0.39 is 0 Å². The molecule has 1 amide bonds. The predicted molar refractivity (Wildman–Crippen MR) is 119 cm³/mol.